The van der Waals surface area contributed by atoms with E-state index in [1.165, 1.54) is 111 Å². The molecule has 6 aromatic carbocycles. The van der Waals surface area contributed by atoms with Crippen LogP contribution in [0.4, 0.5) is 0 Å². The fourth-order valence-corrected chi connectivity index (χ4v) is 10.9. The summed E-state index contributed by atoms with van der Waals surface area (Å²) in [6, 6.07) is 35.2. The van der Waals surface area contributed by atoms with E-state index in [2.05, 4.69) is 237 Å². The molecule has 64 heavy (non-hydrogen) atoms. The molecule has 0 saturated heterocycles. The molecule has 0 spiro atoms. The molecule has 2 aliphatic rings. The highest BCUT2D eigenvalue weighted by Gasteiger charge is 2.42. The predicted molar refractivity (Wildman–Crippen MR) is 282 cm³/mol. The zero-order chi connectivity index (χ0) is 47.4. The maximum absolute atomic E-state index is 2.65. The second-order valence-electron chi connectivity index (χ2n) is 27.3. The minimum absolute atomic E-state index is 0.0252. The smallest absolute Gasteiger partial charge is 0.0159 e. The Labute approximate surface area is 389 Å². The van der Waals surface area contributed by atoms with E-state index in [-0.39, 0.29) is 43.3 Å². The van der Waals surface area contributed by atoms with Crippen LogP contribution in [0.3, 0.4) is 0 Å². The zero-order valence-corrected chi connectivity index (χ0v) is 44.1. The molecule has 0 N–H and O–H groups in total. The Kier molecular flexibility index (Phi) is 10.1. The molecule has 0 nitrogen and oxygen atoms in total. The lowest BCUT2D eigenvalue weighted by Crippen LogP contribution is -2.20. The Morgan fingerprint density at radius 2 is 0.625 bits per heavy atom. The maximum Gasteiger partial charge on any atom is 0.0159 e. The van der Waals surface area contributed by atoms with Crippen molar-refractivity contribution in [3.63, 3.8) is 0 Å². The molecule has 6 aromatic rings. The van der Waals surface area contributed by atoms with Crippen molar-refractivity contribution in [1.82, 2.24) is 0 Å². The normalized spacial score (nSPS) is 15.9. The molecule has 8 rings (SSSR count). The van der Waals surface area contributed by atoms with Crippen molar-refractivity contribution in [2.45, 2.75) is 196 Å². The van der Waals surface area contributed by atoms with Crippen LogP contribution in [-0.2, 0) is 43.3 Å². The van der Waals surface area contributed by atoms with E-state index in [1.54, 1.807) is 0 Å². The van der Waals surface area contributed by atoms with Crippen molar-refractivity contribution in [2.75, 3.05) is 0 Å². The summed E-state index contributed by atoms with van der Waals surface area (Å²) < 4.78 is 0. The molecular formula is C64H80. The van der Waals surface area contributed by atoms with Crippen molar-refractivity contribution >= 4 is 10.8 Å². The molecule has 0 bridgehead atoms. The summed E-state index contributed by atoms with van der Waals surface area (Å²) in [5.41, 5.74) is 24.7. The lowest BCUT2D eigenvalue weighted by atomic mass is 9.72. The largest absolute Gasteiger partial charge is 0.0579 e. The van der Waals surface area contributed by atoms with E-state index in [0.29, 0.717) is 0 Å². The highest BCUT2D eigenvalue weighted by Crippen LogP contribution is 2.59. The quantitative estimate of drug-likeness (QED) is 0.163. The zero-order valence-electron chi connectivity index (χ0n) is 44.1. The van der Waals surface area contributed by atoms with Crippen molar-refractivity contribution in [3.05, 3.63) is 141 Å². The topological polar surface area (TPSA) is 0 Å². The number of rotatable bonds is 2. The maximum atomic E-state index is 2.65. The molecule has 0 unspecified atom stereocenters. The highest BCUT2D eigenvalue weighted by atomic mass is 14.5. The second-order valence-corrected chi connectivity index (χ2v) is 27.3. The summed E-state index contributed by atoms with van der Waals surface area (Å²) in [6.07, 6.45) is 0. The van der Waals surface area contributed by atoms with E-state index in [1.807, 2.05) is 0 Å². The van der Waals surface area contributed by atoms with Gasteiger partial charge in [-0.2, -0.15) is 0 Å². The standard InChI is InChI=1S/C64H80/c1-57(2,3)37-23-26-42-45(29-37)46(47-30-40(60(10,11)12)34-52-55(47)43-27-24-38(58(4,5)6)32-49(43)63(52,19)20)36-51(62(16,17)18)54(42)48-31-41(61(13,14)15)35-53-56(48)44-28-25-39(59(7,8)9)33-50(44)64(53,21)22/h23-36H,1-22H3. The van der Waals surface area contributed by atoms with Gasteiger partial charge >= 0.3 is 0 Å². The van der Waals surface area contributed by atoms with E-state index in [4.69, 9.17) is 0 Å². The van der Waals surface area contributed by atoms with Crippen molar-refractivity contribution < 1.29 is 0 Å². The number of hydrogen-bond donors (Lipinski definition) is 0. The first-order chi connectivity index (χ1) is 29.0. The van der Waals surface area contributed by atoms with Gasteiger partial charge in [-0.05, 0) is 168 Å². The molecule has 0 fully saturated rings. The Morgan fingerprint density at radius 1 is 0.266 bits per heavy atom. The third-order valence-electron chi connectivity index (χ3n) is 15.4. The second kappa shape index (κ2) is 14.0. The van der Waals surface area contributed by atoms with Gasteiger partial charge in [0.2, 0.25) is 0 Å². The average molecular weight is 849 g/mol. The fourth-order valence-electron chi connectivity index (χ4n) is 10.9. The van der Waals surface area contributed by atoms with Crippen LogP contribution in [0.1, 0.15) is 208 Å². The van der Waals surface area contributed by atoms with Crippen LogP contribution in [-0.4, -0.2) is 0 Å². The first-order valence-corrected chi connectivity index (χ1v) is 24.4. The lowest BCUT2D eigenvalue weighted by Gasteiger charge is -2.32. The number of fused-ring (bicyclic) bond motifs is 7. The molecule has 0 aliphatic heterocycles. The van der Waals surface area contributed by atoms with Crippen LogP contribution >= 0.6 is 0 Å². The van der Waals surface area contributed by atoms with Crippen LogP contribution in [0.5, 0.6) is 0 Å². The molecule has 0 aromatic heterocycles. The van der Waals surface area contributed by atoms with Gasteiger partial charge in [0.25, 0.3) is 0 Å². The van der Waals surface area contributed by atoms with Crippen LogP contribution in [0.15, 0.2) is 84.9 Å². The average Bonchev–Trinajstić information content (AvgIpc) is 3.53. The summed E-state index contributed by atoms with van der Waals surface area (Å²) in [5.74, 6) is 0. The Bertz CT molecular complexity index is 2890. The summed E-state index contributed by atoms with van der Waals surface area (Å²) in [7, 11) is 0. The summed E-state index contributed by atoms with van der Waals surface area (Å²) in [5, 5.41) is 2.69. The molecule has 0 saturated carbocycles. The van der Waals surface area contributed by atoms with Crippen molar-refractivity contribution in [1.29, 1.82) is 0 Å². The summed E-state index contributed by atoms with van der Waals surface area (Å²) in [6.45, 7) is 52.7. The first-order valence-electron chi connectivity index (χ1n) is 24.4. The molecule has 0 heterocycles. The van der Waals surface area contributed by atoms with Gasteiger partial charge in [-0.25, -0.2) is 0 Å². The van der Waals surface area contributed by atoms with Gasteiger partial charge in [0.15, 0.2) is 0 Å². The van der Waals surface area contributed by atoms with Crippen LogP contribution in [0.2, 0.25) is 0 Å². The Morgan fingerprint density at radius 3 is 1.03 bits per heavy atom. The van der Waals surface area contributed by atoms with Crippen LogP contribution in [0.25, 0.3) is 55.3 Å². The van der Waals surface area contributed by atoms with Gasteiger partial charge in [0.05, 0.1) is 0 Å². The summed E-state index contributed by atoms with van der Waals surface area (Å²) in [4.78, 5) is 0. The summed E-state index contributed by atoms with van der Waals surface area (Å²) >= 11 is 0. The molecule has 0 atom stereocenters. The van der Waals surface area contributed by atoms with Crippen LogP contribution in [0, 0.1) is 0 Å². The molecule has 336 valence electrons. The van der Waals surface area contributed by atoms with Crippen molar-refractivity contribution in [3.8, 4) is 44.5 Å². The van der Waals surface area contributed by atoms with E-state index < -0.39 is 0 Å². The number of benzene rings is 6. The third kappa shape index (κ3) is 7.33. The highest BCUT2D eigenvalue weighted by molar-refractivity contribution is 6.12. The number of hydrogen-bond acceptors (Lipinski definition) is 0. The minimum atomic E-state index is -0.164. The van der Waals surface area contributed by atoms with Gasteiger partial charge in [-0.1, -0.05) is 213 Å². The molecule has 0 radical (unpaired) electrons. The van der Waals surface area contributed by atoms with Gasteiger partial charge in [0.1, 0.15) is 0 Å². The van der Waals surface area contributed by atoms with Crippen molar-refractivity contribution in [2.24, 2.45) is 0 Å². The monoisotopic (exact) mass is 849 g/mol. The van der Waals surface area contributed by atoms with Gasteiger partial charge < -0.3 is 0 Å². The van der Waals surface area contributed by atoms with Gasteiger partial charge in [0, 0.05) is 10.8 Å². The molecule has 2 aliphatic carbocycles. The Balaban J connectivity index is 1.58. The fraction of sp³-hybridized carbons (Fsp3) is 0.469. The molecule has 0 amide bonds. The van der Waals surface area contributed by atoms with Crippen LogP contribution < -0.4 is 0 Å². The minimum Gasteiger partial charge on any atom is -0.0579 e. The lowest BCUT2D eigenvalue weighted by molar-refractivity contribution is 0.579. The SMILES string of the molecule is CC(C)(C)c1ccc2c(c1)C(C)(C)c1cc(C(C)(C)C)cc(-c3cc(C(C)(C)C)c(-c4cc(C(C)(C)C)cc5c4-c4ccc(C(C)(C)C)cc4C5(C)C)c4ccc(C(C)(C)C)cc34)c1-2. The van der Waals surface area contributed by atoms with Gasteiger partial charge in [-0.15, -0.1) is 0 Å². The van der Waals surface area contributed by atoms with E-state index in [9.17, 15) is 0 Å². The third-order valence-corrected chi connectivity index (χ3v) is 15.4. The molecular weight excluding hydrogens is 769 g/mol. The first kappa shape index (κ1) is 46.1. The van der Waals surface area contributed by atoms with E-state index >= 15 is 0 Å². The molecule has 0 heteroatoms. The predicted octanol–water partition coefficient (Wildman–Crippen LogP) is 18.6. The Hall–Kier alpha value is -4.42. The van der Waals surface area contributed by atoms with Gasteiger partial charge in [-0.3, -0.25) is 0 Å². The van der Waals surface area contributed by atoms with E-state index in [0.717, 1.165) is 0 Å².